The lowest BCUT2D eigenvalue weighted by molar-refractivity contribution is -0.0567. The van der Waals surface area contributed by atoms with Crippen LogP contribution in [0.2, 0.25) is 0 Å². The fourth-order valence-electron chi connectivity index (χ4n) is 3.95. The Kier molecular flexibility index (Phi) is 4.54. The summed E-state index contributed by atoms with van der Waals surface area (Å²) >= 11 is 0. The molecule has 0 unspecified atom stereocenters. The minimum atomic E-state index is -0.603. The first-order valence-electron chi connectivity index (χ1n) is 8.60. The number of benzene rings is 1. The molecule has 25 heavy (non-hydrogen) atoms. The van der Waals surface area contributed by atoms with Gasteiger partial charge in [-0.25, -0.2) is 13.8 Å². The largest absolute Gasteiger partial charge is 0.396 e. The predicted octanol–water partition coefficient (Wildman–Crippen LogP) is 2.22. The number of aliphatic hydroxyl groups is 1. The number of aromatic nitrogens is 2. The summed E-state index contributed by atoms with van der Waals surface area (Å²) in [5.41, 5.74) is 0.446. The zero-order valence-corrected chi connectivity index (χ0v) is 13.8. The topological polar surface area (TPSA) is 50.5 Å². The minimum absolute atomic E-state index is 0.0690. The van der Waals surface area contributed by atoms with Gasteiger partial charge >= 0.3 is 0 Å². The van der Waals surface area contributed by atoms with Crippen LogP contribution in [-0.4, -0.2) is 58.0 Å². The standard InChI is InChI=1S/C18H21F2N3O2/c19-13-5-12(6-14(20)7-13)18-21-2-3-23(18)15-8-16-11-25-17(1-4-24)10-22(16)9-15/h2-3,5-7,15-17,24H,1,4,8-11H2/t15-,16-,17-/m0/s1. The highest BCUT2D eigenvalue weighted by atomic mass is 19.1. The average Bonchev–Trinajstić information content (AvgIpc) is 3.20. The number of fused-ring (bicyclic) bond motifs is 1. The van der Waals surface area contributed by atoms with Crippen LogP contribution in [0.25, 0.3) is 11.4 Å². The molecular weight excluding hydrogens is 328 g/mol. The molecule has 0 amide bonds. The number of nitrogens with zero attached hydrogens (tertiary/aromatic N) is 3. The van der Waals surface area contributed by atoms with Crippen molar-refractivity contribution in [3.63, 3.8) is 0 Å². The van der Waals surface area contributed by atoms with Crippen molar-refractivity contribution in [1.29, 1.82) is 0 Å². The Hall–Kier alpha value is -1.83. The van der Waals surface area contributed by atoms with Gasteiger partial charge in [-0.05, 0) is 25.0 Å². The van der Waals surface area contributed by atoms with Gasteiger partial charge in [0.25, 0.3) is 0 Å². The third-order valence-electron chi connectivity index (χ3n) is 5.10. The van der Waals surface area contributed by atoms with Crippen LogP contribution in [0.4, 0.5) is 8.78 Å². The van der Waals surface area contributed by atoms with E-state index in [4.69, 9.17) is 9.84 Å². The Morgan fingerprint density at radius 2 is 1.96 bits per heavy atom. The van der Waals surface area contributed by atoms with Crippen molar-refractivity contribution < 1.29 is 18.6 Å². The molecule has 7 heteroatoms. The van der Waals surface area contributed by atoms with E-state index in [1.54, 1.807) is 6.20 Å². The third kappa shape index (κ3) is 3.31. The number of morpholine rings is 1. The van der Waals surface area contributed by atoms with Gasteiger partial charge in [-0.3, -0.25) is 4.90 Å². The highest BCUT2D eigenvalue weighted by Gasteiger charge is 2.38. The highest BCUT2D eigenvalue weighted by molar-refractivity contribution is 5.56. The summed E-state index contributed by atoms with van der Waals surface area (Å²) in [6.07, 6.45) is 5.16. The SMILES string of the molecule is OCC[C@H]1CN2C[C@@H](n3ccnc3-c3cc(F)cc(F)c3)C[C@H]2CO1. The zero-order valence-electron chi connectivity index (χ0n) is 13.8. The molecule has 2 aromatic rings. The molecule has 4 rings (SSSR count). The van der Waals surface area contributed by atoms with Crippen LogP contribution >= 0.6 is 0 Å². The second kappa shape index (κ2) is 6.82. The Balaban J connectivity index is 1.55. The summed E-state index contributed by atoms with van der Waals surface area (Å²) in [4.78, 5) is 6.70. The van der Waals surface area contributed by atoms with Gasteiger partial charge in [0.05, 0.1) is 12.7 Å². The highest BCUT2D eigenvalue weighted by Crippen LogP contribution is 2.34. The lowest BCUT2D eigenvalue weighted by atomic mass is 10.1. The molecule has 1 aromatic carbocycles. The minimum Gasteiger partial charge on any atom is -0.396 e. The van der Waals surface area contributed by atoms with Crippen LogP contribution in [0.3, 0.4) is 0 Å². The van der Waals surface area contributed by atoms with Crippen LogP contribution in [0.15, 0.2) is 30.6 Å². The van der Waals surface area contributed by atoms with Crippen molar-refractivity contribution in [3.05, 3.63) is 42.2 Å². The first-order chi connectivity index (χ1) is 12.1. The van der Waals surface area contributed by atoms with Crippen LogP contribution in [0.1, 0.15) is 18.9 Å². The summed E-state index contributed by atoms with van der Waals surface area (Å²) in [6.45, 7) is 2.43. The molecule has 0 bridgehead atoms. The Labute approximate surface area is 144 Å². The lowest BCUT2D eigenvalue weighted by Crippen LogP contribution is -2.46. The van der Waals surface area contributed by atoms with Gasteiger partial charge in [0, 0.05) is 55.8 Å². The first kappa shape index (κ1) is 16.6. The van der Waals surface area contributed by atoms with E-state index in [0.29, 0.717) is 30.5 Å². The summed E-state index contributed by atoms with van der Waals surface area (Å²) in [5.74, 6) is -0.627. The van der Waals surface area contributed by atoms with Crippen molar-refractivity contribution in [2.24, 2.45) is 0 Å². The summed E-state index contributed by atoms with van der Waals surface area (Å²) in [6, 6.07) is 4.00. The third-order valence-corrected chi connectivity index (χ3v) is 5.10. The van der Waals surface area contributed by atoms with E-state index in [1.165, 1.54) is 12.1 Å². The molecule has 3 atom stereocenters. The van der Waals surface area contributed by atoms with Crippen LogP contribution in [-0.2, 0) is 4.74 Å². The van der Waals surface area contributed by atoms with E-state index in [9.17, 15) is 8.78 Å². The molecular formula is C18H21F2N3O2. The Bertz CT molecular complexity index is 731. The van der Waals surface area contributed by atoms with Gasteiger partial charge < -0.3 is 14.4 Å². The molecule has 1 N–H and O–H groups in total. The molecule has 2 fully saturated rings. The van der Waals surface area contributed by atoms with E-state index in [0.717, 1.165) is 25.6 Å². The first-order valence-corrected chi connectivity index (χ1v) is 8.60. The summed E-state index contributed by atoms with van der Waals surface area (Å²) in [7, 11) is 0. The molecule has 2 aliphatic heterocycles. The maximum absolute atomic E-state index is 13.6. The number of aliphatic hydroxyl groups excluding tert-OH is 1. The van der Waals surface area contributed by atoms with Crippen LogP contribution < -0.4 is 0 Å². The Morgan fingerprint density at radius 1 is 1.16 bits per heavy atom. The maximum atomic E-state index is 13.6. The van der Waals surface area contributed by atoms with E-state index in [1.807, 2.05) is 10.8 Å². The van der Waals surface area contributed by atoms with Gasteiger partial charge in [-0.15, -0.1) is 0 Å². The number of ether oxygens (including phenoxy) is 1. The quantitative estimate of drug-likeness (QED) is 0.920. The molecule has 0 spiro atoms. The molecule has 1 aromatic heterocycles. The number of hydrogen-bond donors (Lipinski definition) is 1. The smallest absolute Gasteiger partial charge is 0.140 e. The number of hydrogen-bond acceptors (Lipinski definition) is 4. The molecule has 5 nitrogen and oxygen atoms in total. The molecule has 0 radical (unpaired) electrons. The monoisotopic (exact) mass is 349 g/mol. The Morgan fingerprint density at radius 3 is 2.72 bits per heavy atom. The van der Waals surface area contributed by atoms with Crippen LogP contribution in [0, 0.1) is 11.6 Å². The zero-order chi connectivity index (χ0) is 17.4. The molecule has 2 aliphatic rings. The normalized spacial score (nSPS) is 26.8. The van der Waals surface area contributed by atoms with E-state index < -0.39 is 11.6 Å². The van der Waals surface area contributed by atoms with Crippen molar-refractivity contribution in [2.45, 2.75) is 31.0 Å². The van der Waals surface area contributed by atoms with E-state index >= 15 is 0 Å². The predicted molar refractivity (Wildman–Crippen MR) is 88.0 cm³/mol. The molecule has 2 saturated heterocycles. The van der Waals surface area contributed by atoms with Crippen molar-refractivity contribution in [2.75, 3.05) is 26.3 Å². The van der Waals surface area contributed by atoms with Crippen LogP contribution in [0.5, 0.6) is 0 Å². The maximum Gasteiger partial charge on any atom is 0.140 e. The number of rotatable bonds is 4. The van der Waals surface area contributed by atoms with E-state index in [-0.39, 0.29) is 18.8 Å². The second-order valence-electron chi connectivity index (χ2n) is 6.78. The van der Waals surface area contributed by atoms with Crippen molar-refractivity contribution in [1.82, 2.24) is 14.5 Å². The van der Waals surface area contributed by atoms with Crippen molar-refractivity contribution in [3.8, 4) is 11.4 Å². The van der Waals surface area contributed by atoms with Gasteiger partial charge in [0.1, 0.15) is 17.5 Å². The number of imidazole rings is 1. The average molecular weight is 349 g/mol. The van der Waals surface area contributed by atoms with Gasteiger partial charge in [0.15, 0.2) is 0 Å². The summed E-state index contributed by atoms with van der Waals surface area (Å²) in [5, 5.41) is 9.10. The second-order valence-corrected chi connectivity index (χ2v) is 6.78. The fraction of sp³-hybridized carbons (Fsp3) is 0.500. The molecule has 3 heterocycles. The summed E-state index contributed by atoms with van der Waals surface area (Å²) < 4.78 is 35.0. The number of halogens is 2. The van der Waals surface area contributed by atoms with Gasteiger partial charge in [0.2, 0.25) is 0 Å². The molecule has 134 valence electrons. The van der Waals surface area contributed by atoms with Gasteiger partial charge in [-0.1, -0.05) is 0 Å². The van der Waals surface area contributed by atoms with E-state index in [2.05, 4.69) is 9.88 Å². The molecule has 0 saturated carbocycles. The molecule has 0 aliphatic carbocycles. The van der Waals surface area contributed by atoms with Crippen molar-refractivity contribution >= 4 is 0 Å². The van der Waals surface area contributed by atoms with Gasteiger partial charge in [-0.2, -0.15) is 0 Å². The lowest BCUT2D eigenvalue weighted by Gasteiger charge is -2.34. The fourth-order valence-corrected chi connectivity index (χ4v) is 3.95.